The second-order valence-electron chi connectivity index (χ2n) is 5.22. The van der Waals surface area contributed by atoms with Gasteiger partial charge in [0.1, 0.15) is 0 Å². The number of piperidine rings is 1. The van der Waals surface area contributed by atoms with E-state index in [-0.39, 0.29) is 6.04 Å². The van der Waals surface area contributed by atoms with Crippen LogP contribution in [0.15, 0.2) is 27.2 Å². The highest BCUT2D eigenvalue weighted by Gasteiger charge is 2.25. The maximum Gasteiger partial charge on any atom is 0.244 e. The van der Waals surface area contributed by atoms with Gasteiger partial charge in [-0.3, -0.25) is 0 Å². The molecule has 2 atom stereocenters. The molecule has 1 fully saturated rings. The first-order chi connectivity index (χ1) is 9.63. The number of hydrogen-bond acceptors (Lipinski definition) is 4. The lowest BCUT2D eigenvalue weighted by atomic mass is 9.94. The molecule has 3 rings (SSSR count). The SMILES string of the molecule is CC1CCNC(c2nc(-c3ccc(Cl)c(Br)c3)no2)C1. The largest absolute Gasteiger partial charge is 0.337 e. The summed E-state index contributed by atoms with van der Waals surface area (Å²) in [6.07, 6.45) is 2.23. The molecule has 2 unspecified atom stereocenters. The Morgan fingerprint density at radius 1 is 1.45 bits per heavy atom. The normalized spacial score (nSPS) is 22.9. The first-order valence-corrected chi connectivity index (χ1v) is 7.83. The van der Waals surface area contributed by atoms with Gasteiger partial charge in [0, 0.05) is 10.0 Å². The van der Waals surface area contributed by atoms with Crippen LogP contribution in [0.5, 0.6) is 0 Å². The molecular formula is C14H15BrClN3O. The summed E-state index contributed by atoms with van der Waals surface area (Å²) in [6, 6.07) is 5.76. The van der Waals surface area contributed by atoms with Crippen LogP contribution in [0.4, 0.5) is 0 Å². The molecule has 0 amide bonds. The molecule has 2 aromatic rings. The third-order valence-corrected chi connectivity index (χ3v) is 4.80. The zero-order valence-corrected chi connectivity index (χ0v) is 13.4. The monoisotopic (exact) mass is 355 g/mol. The smallest absolute Gasteiger partial charge is 0.244 e. The van der Waals surface area contributed by atoms with Crippen LogP contribution in [0.25, 0.3) is 11.4 Å². The molecule has 1 aliphatic rings. The minimum atomic E-state index is 0.163. The molecule has 106 valence electrons. The molecule has 1 aliphatic heterocycles. The van der Waals surface area contributed by atoms with E-state index in [4.69, 9.17) is 16.1 Å². The molecule has 6 heteroatoms. The van der Waals surface area contributed by atoms with Crippen molar-refractivity contribution in [3.05, 3.63) is 33.6 Å². The van der Waals surface area contributed by atoms with Crippen molar-refractivity contribution < 1.29 is 4.52 Å². The Labute approximate surface area is 131 Å². The number of benzene rings is 1. The molecule has 1 N–H and O–H groups in total. The van der Waals surface area contributed by atoms with Gasteiger partial charge in [-0.1, -0.05) is 23.7 Å². The molecule has 0 aliphatic carbocycles. The summed E-state index contributed by atoms with van der Waals surface area (Å²) in [5.74, 6) is 1.94. The third kappa shape index (κ3) is 2.90. The van der Waals surface area contributed by atoms with Crippen LogP contribution in [0.2, 0.25) is 5.02 Å². The van der Waals surface area contributed by atoms with E-state index in [1.807, 2.05) is 18.2 Å². The van der Waals surface area contributed by atoms with Crippen LogP contribution in [0.1, 0.15) is 31.7 Å². The first kappa shape index (κ1) is 14.0. The van der Waals surface area contributed by atoms with Crippen LogP contribution < -0.4 is 5.32 Å². The van der Waals surface area contributed by atoms with E-state index in [9.17, 15) is 0 Å². The average Bonchev–Trinajstić information content (AvgIpc) is 2.92. The number of aromatic nitrogens is 2. The average molecular weight is 357 g/mol. The first-order valence-electron chi connectivity index (χ1n) is 6.66. The van der Waals surface area contributed by atoms with E-state index in [1.54, 1.807) is 0 Å². The molecule has 0 saturated carbocycles. The summed E-state index contributed by atoms with van der Waals surface area (Å²) in [7, 11) is 0. The molecule has 0 spiro atoms. The molecule has 0 radical (unpaired) electrons. The van der Waals surface area contributed by atoms with E-state index >= 15 is 0 Å². The summed E-state index contributed by atoms with van der Waals surface area (Å²) < 4.78 is 6.23. The van der Waals surface area contributed by atoms with Gasteiger partial charge in [-0.2, -0.15) is 4.98 Å². The van der Waals surface area contributed by atoms with Gasteiger partial charge in [0.2, 0.25) is 11.7 Å². The van der Waals surface area contributed by atoms with Crippen LogP contribution >= 0.6 is 27.5 Å². The topological polar surface area (TPSA) is 51.0 Å². The Kier molecular flexibility index (Phi) is 4.10. The Morgan fingerprint density at radius 2 is 2.30 bits per heavy atom. The summed E-state index contributed by atoms with van der Waals surface area (Å²) in [5.41, 5.74) is 0.889. The lowest BCUT2D eigenvalue weighted by Crippen LogP contribution is -2.30. The molecule has 4 nitrogen and oxygen atoms in total. The lowest BCUT2D eigenvalue weighted by molar-refractivity contribution is 0.260. The highest BCUT2D eigenvalue weighted by atomic mass is 79.9. The van der Waals surface area contributed by atoms with E-state index in [0.717, 1.165) is 23.0 Å². The van der Waals surface area contributed by atoms with Crippen molar-refractivity contribution in [2.24, 2.45) is 5.92 Å². The van der Waals surface area contributed by atoms with Crippen molar-refractivity contribution in [3.8, 4) is 11.4 Å². The maximum absolute atomic E-state index is 5.99. The summed E-state index contributed by atoms with van der Waals surface area (Å²) in [4.78, 5) is 4.51. The predicted molar refractivity (Wildman–Crippen MR) is 81.6 cm³/mol. The molecule has 0 bridgehead atoms. The standard InChI is InChI=1S/C14H15BrClN3O/c1-8-4-5-17-12(6-8)14-18-13(19-20-14)9-2-3-11(16)10(15)7-9/h2-3,7-8,12,17H,4-6H2,1H3. The van der Waals surface area contributed by atoms with Crippen molar-refractivity contribution >= 4 is 27.5 Å². The fourth-order valence-electron chi connectivity index (χ4n) is 2.42. The van der Waals surface area contributed by atoms with Crippen LogP contribution in [-0.2, 0) is 0 Å². The van der Waals surface area contributed by atoms with Gasteiger partial charge in [0.15, 0.2) is 0 Å². The highest BCUT2D eigenvalue weighted by Crippen LogP contribution is 2.30. The van der Waals surface area contributed by atoms with E-state index in [2.05, 4.69) is 38.3 Å². The second kappa shape index (κ2) is 5.84. The van der Waals surface area contributed by atoms with Gasteiger partial charge in [-0.15, -0.1) is 0 Å². The van der Waals surface area contributed by atoms with Crippen LogP contribution in [0.3, 0.4) is 0 Å². The lowest BCUT2D eigenvalue weighted by Gasteiger charge is -2.25. The quantitative estimate of drug-likeness (QED) is 0.875. The zero-order valence-electron chi connectivity index (χ0n) is 11.1. The fraction of sp³-hybridized carbons (Fsp3) is 0.429. The van der Waals surface area contributed by atoms with Crippen molar-refractivity contribution in [2.75, 3.05) is 6.54 Å². The Bertz CT molecular complexity index is 616. The van der Waals surface area contributed by atoms with Gasteiger partial charge >= 0.3 is 0 Å². The Balaban J connectivity index is 1.84. The Hall–Kier alpha value is -0.910. The fourth-order valence-corrected chi connectivity index (χ4v) is 2.92. The maximum atomic E-state index is 5.99. The molecular weight excluding hydrogens is 342 g/mol. The van der Waals surface area contributed by atoms with Gasteiger partial charge in [0.05, 0.1) is 11.1 Å². The highest BCUT2D eigenvalue weighted by molar-refractivity contribution is 9.10. The number of rotatable bonds is 2. The van der Waals surface area contributed by atoms with Gasteiger partial charge in [-0.05, 0) is 59.4 Å². The number of halogens is 2. The number of nitrogens with one attached hydrogen (secondary N) is 1. The summed E-state index contributed by atoms with van der Waals surface area (Å²) in [5, 5.41) is 8.16. The molecule has 2 heterocycles. The van der Waals surface area contributed by atoms with Crippen molar-refractivity contribution in [1.29, 1.82) is 0 Å². The zero-order chi connectivity index (χ0) is 14.1. The van der Waals surface area contributed by atoms with E-state index in [1.165, 1.54) is 6.42 Å². The van der Waals surface area contributed by atoms with E-state index in [0.29, 0.717) is 22.7 Å². The number of hydrogen-bond donors (Lipinski definition) is 1. The van der Waals surface area contributed by atoms with E-state index < -0.39 is 0 Å². The van der Waals surface area contributed by atoms with Crippen molar-refractivity contribution in [2.45, 2.75) is 25.8 Å². The molecule has 1 aromatic heterocycles. The van der Waals surface area contributed by atoms with Gasteiger partial charge in [0.25, 0.3) is 0 Å². The molecule has 1 aromatic carbocycles. The predicted octanol–water partition coefficient (Wildman–Crippen LogP) is 4.21. The number of nitrogens with zero attached hydrogens (tertiary/aromatic N) is 2. The molecule has 20 heavy (non-hydrogen) atoms. The molecule has 1 saturated heterocycles. The summed E-state index contributed by atoms with van der Waals surface area (Å²) in [6.45, 7) is 3.25. The minimum Gasteiger partial charge on any atom is -0.337 e. The van der Waals surface area contributed by atoms with Crippen molar-refractivity contribution in [3.63, 3.8) is 0 Å². The van der Waals surface area contributed by atoms with Crippen molar-refractivity contribution in [1.82, 2.24) is 15.5 Å². The van der Waals surface area contributed by atoms with Crippen LogP contribution in [-0.4, -0.2) is 16.7 Å². The summed E-state index contributed by atoms with van der Waals surface area (Å²) >= 11 is 9.39. The van der Waals surface area contributed by atoms with Gasteiger partial charge < -0.3 is 9.84 Å². The third-order valence-electron chi connectivity index (χ3n) is 3.58. The Morgan fingerprint density at radius 3 is 3.05 bits per heavy atom. The van der Waals surface area contributed by atoms with Crippen LogP contribution in [0, 0.1) is 5.92 Å². The second-order valence-corrected chi connectivity index (χ2v) is 6.48. The van der Waals surface area contributed by atoms with Gasteiger partial charge in [-0.25, -0.2) is 0 Å². The minimum absolute atomic E-state index is 0.163.